The number of carboxylic acid groups (broad SMARTS) is 1. The zero-order chi connectivity index (χ0) is 9.14. The van der Waals surface area contributed by atoms with Gasteiger partial charge in [-0.1, -0.05) is 6.92 Å². The maximum absolute atomic E-state index is 10.8. The molecular weight excluding hydrogens is 156 g/mol. The summed E-state index contributed by atoms with van der Waals surface area (Å²) in [5.41, 5.74) is 0. The molecule has 1 fully saturated rings. The van der Waals surface area contributed by atoms with Gasteiger partial charge in [-0.05, 0) is 13.3 Å². The van der Waals surface area contributed by atoms with E-state index in [4.69, 9.17) is 5.11 Å². The first-order valence-corrected chi connectivity index (χ1v) is 4.38. The Morgan fingerprint density at radius 2 is 2.42 bits per heavy atom. The van der Waals surface area contributed by atoms with Crippen LogP contribution in [0.15, 0.2) is 0 Å². The SMILES string of the molecule is CC[C@H]1CNC(C)CN1C(=O)O. The summed E-state index contributed by atoms with van der Waals surface area (Å²) >= 11 is 0. The normalized spacial score (nSPS) is 30.3. The Labute approximate surface area is 72.6 Å². The summed E-state index contributed by atoms with van der Waals surface area (Å²) in [5, 5.41) is 12.1. The zero-order valence-corrected chi connectivity index (χ0v) is 7.58. The Morgan fingerprint density at radius 3 is 2.92 bits per heavy atom. The van der Waals surface area contributed by atoms with Crippen LogP contribution in [0.5, 0.6) is 0 Å². The van der Waals surface area contributed by atoms with Crippen molar-refractivity contribution in [1.29, 1.82) is 0 Å². The Hall–Kier alpha value is -0.770. The van der Waals surface area contributed by atoms with Gasteiger partial charge in [-0.25, -0.2) is 4.79 Å². The average Bonchev–Trinajstić information content (AvgIpc) is 2.04. The van der Waals surface area contributed by atoms with Crippen LogP contribution in [0.4, 0.5) is 4.79 Å². The summed E-state index contributed by atoms with van der Waals surface area (Å²) in [7, 11) is 0. The molecule has 1 saturated heterocycles. The molecule has 4 heteroatoms. The molecule has 70 valence electrons. The lowest BCUT2D eigenvalue weighted by atomic mass is 10.1. The van der Waals surface area contributed by atoms with Crippen LogP contribution in [-0.4, -0.2) is 41.3 Å². The van der Waals surface area contributed by atoms with Crippen molar-refractivity contribution in [2.45, 2.75) is 32.4 Å². The molecule has 0 spiro atoms. The lowest BCUT2D eigenvalue weighted by Crippen LogP contribution is -2.56. The highest BCUT2D eigenvalue weighted by atomic mass is 16.4. The highest BCUT2D eigenvalue weighted by Crippen LogP contribution is 2.09. The second kappa shape index (κ2) is 3.76. The van der Waals surface area contributed by atoms with Crippen LogP contribution < -0.4 is 5.32 Å². The van der Waals surface area contributed by atoms with E-state index in [0.29, 0.717) is 6.54 Å². The first-order valence-electron chi connectivity index (χ1n) is 4.38. The lowest BCUT2D eigenvalue weighted by Gasteiger charge is -2.36. The molecule has 0 radical (unpaired) electrons. The van der Waals surface area contributed by atoms with Gasteiger partial charge in [-0.3, -0.25) is 0 Å². The third kappa shape index (κ3) is 1.88. The van der Waals surface area contributed by atoms with Crippen LogP contribution in [0.1, 0.15) is 20.3 Å². The monoisotopic (exact) mass is 172 g/mol. The molecule has 1 heterocycles. The molecule has 2 atom stereocenters. The molecule has 1 rings (SSSR count). The third-order valence-corrected chi connectivity index (χ3v) is 2.33. The molecule has 1 amide bonds. The van der Waals surface area contributed by atoms with E-state index in [1.807, 2.05) is 13.8 Å². The summed E-state index contributed by atoms with van der Waals surface area (Å²) in [4.78, 5) is 12.3. The van der Waals surface area contributed by atoms with E-state index in [1.165, 1.54) is 4.90 Å². The molecule has 2 N–H and O–H groups in total. The first kappa shape index (κ1) is 9.32. The molecule has 0 aromatic carbocycles. The van der Waals surface area contributed by atoms with E-state index in [2.05, 4.69) is 5.32 Å². The van der Waals surface area contributed by atoms with E-state index in [-0.39, 0.29) is 12.1 Å². The quantitative estimate of drug-likeness (QED) is 0.613. The molecule has 0 aromatic rings. The fourth-order valence-electron chi connectivity index (χ4n) is 1.56. The predicted octanol–water partition coefficient (Wildman–Crippen LogP) is 0.737. The molecule has 0 aliphatic carbocycles. The number of rotatable bonds is 1. The van der Waals surface area contributed by atoms with Gasteiger partial charge in [0.05, 0.1) is 0 Å². The molecule has 1 aliphatic heterocycles. The number of hydrogen-bond donors (Lipinski definition) is 2. The molecule has 1 aliphatic rings. The second-order valence-electron chi connectivity index (χ2n) is 3.31. The number of nitrogens with zero attached hydrogens (tertiary/aromatic N) is 1. The molecule has 12 heavy (non-hydrogen) atoms. The van der Waals surface area contributed by atoms with Crippen molar-refractivity contribution >= 4 is 6.09 Å². The topological polar surface area (TPSA) is 52.6 Å². The second-order valence-corrected chi connectivity index (χ2v) is 3.31. The summed E-state index contributed by atoms with van der Waals surface area (Å²) in [5.74, 6) is 0. The van der Waals surface area contributed by atoms with Crippen molar-refractivity contribution in [3.63, 3.8) is 0 Å². The summed E-state index contributed by atoms with van der Waals surface area (Å²) < 4.78 is 0. The summed E-state index contributed by atoms with van der Waals surface area (Å²) in [6.45, 7) is 5.40. The van der Waals surface area contributed by atoms with Crippen molar-refractivity contribution in [2.24, 2.45) is 0 Å². The van der Waals surface area contributed by atoms with Gasteiger partial charge in [0, 0.05) is 25.2 Å². The van der Waals surface area contributed by atoms with Crippen molar-refractivity contribution in [1.82, 2.24) is 10.2 Å². The molecular formula is C8H16N2O2. The van der Waals surface area contributed by atoms with Crippen LogP contribution in [0.2, 0.25) is 0 Å². The highest BCUT2D eigenvalue weighted by Gasteiger charge is 2.27. The van der Waals surface area contributed by atoms with Crippen molar-refractivity contribution in [3.8, 4) is 0 Å². The van der Waals surface area contributed by atoms with Crippen LogP contribution in [-0.2, 0) is 0 Å². The smallest absolute Gasteiger partial charge is 0.407 e. The van der Waals surface area contributed by atoms with Crippen LogP contribution in [0.3, 0.4) is 0 Å². The van der Waals surface area contributed by atoms with E-state index in [9.17, 15) is 4.79 Å². The van der Waals surface area contributed by atoms with Gasteiger partial charge in [0.2, 0.25) is 0 Å². The largest absolute Gasteiger partial charge is 0.465 e. The predicted molar refractivity (Wildman–Crippen MR) is 46.3 cm³/mol. The molecule has 0 aromatic heterocycles. The van der Waals surface area contributed by atoms with Gasteiger partial charge in [-0.2, -0.15) is 0 Å². The highest BCUT2D eigenvalue weighted by molar-refractivity contribution is 5.65. The van der Waals surface area contributed by atoms with E-state index < -0.39 is 6.09 Å². The molecule has 0 bridgehead atoms. The van der Waals surface area contributed by atoms with E-state index in [1.54, 1.807) is 0 Å². The Morgan fingerprint density at radius 1 is 1.75 bits per heavy atom. The molecule has 1 unspecified atom stereocenters. The van der Waals surface area contributed by atoms with E-state index >= 15 is 0 Å². The van der Waals surface area contributed by atoms with Gasteiger partial charge in [0.1, 0.15) is 0 Å². The Kier molecular flexibility index (Phi) is 2.92. The minimum atomic E-state index is -0.796. The van der Waals surface area contributed by atoms with Crippen molar-refractivity contribution in [3.05, 3.63) is 0 Å². The summed E-state index contributed by atoms with van der Waals surface area (Å²) in [6, 6.07) is 0.433. The fourth-order valence-corrected chi connectivity index (χ4v) is 1.56. The first-order chi connectivity index (χ1) is 5.65. The number of piperazine rings is 1. The van der Waals surface area contributed by atoms with E-state index in [0.717, 1.165) is 13.0 Å². The van der Waals surface area contributed by atoms with Gasteiger partial charge >= 0.3 is 6.09 Å². The number of amides is 1. The van der Waals surface area contributed by atoms with Crippen LogP contribution in [0, 0.1) is 0 Å². The summed E-state index contributed by atoms with van der Waals surface area (Å²) in [6.07, 6.45) is 0.0849. The van der Waals surface area contributed by atoms with Crippen molar-refractivity contribution in [2.75, 3.05) is 13.1 Å². The Balaban J connectivity index is 2.58. The van der Waals surface area contributed by atoms with Gasteiger partial charge in [0.25, 0.3) is 0 Å². The number of carbonyl (C=O) groups is 1. The molecule has 4 nitrogen and oxygen atoms in total. The Bertz CT molecular complexity index is 172. The van der Waals surface area contributed by atoms with Gasteiger partial charge in [0.15, 0.2) is 0 Å². The standard InChI is InChI=1S/C8H16N2O2/c1-3-7-4-9-6(2)5-10(7)8(11)12/h6-7,9H,3-5H2,1-2H3,(H,11,12)/t6?,7-/m0/s1. The van der Waals surface area contributed by atoms with Gasteiger partial charge in [-0.15, -0.1) is 0 Å². The zero-order valence-electron chi connectivity index (χ0n) is 7.58. The lowest BCUT2D eigenvalue weighted by molar-refractivity contribution is 0.0996. The van der Waals surface area contributed by atoms with Gasteiger partial charge < -0.3 is 15.3 Å². The van der Waals surface area contributed by atoms with Crippen molar-refractivity contribution < 1.29 is 9.90 Å². The minimum Gasteiger partial charge on any atom is -0.465 e. The molecule has 0 saturated carbocycles. The maximum atomic E-state index is 10.8. The average molecular weight is 172 g/mol. The third-order valence-electron chi connectivity index (χ3n) is 2.33. The van der Waals surface area contributed by atoms with Crippen LogP contribution in [0.25, 0.3) is 0 Å². The fraction of sp³-hybridized carbons (Fsp3) is 0.875. The number of hydrogen-bond acceptors (Lipinski definition) is 2. The maximum Gasteiger partial charge on any atom is 0.407 e. The minimum absolute atomic E-state index is 0.152. The number of nitrogens with one attached hydrogen (secondary N) is 1. The van der Waals surface area contributed by atoms with Crippen LogP contribution >= 0.6 is 0 Å².